The van der Waals surface area contributed by atoms with Gasteiger partial charge in [-0.25, -0.2) is 0 Å². The van der Waals surface area contributed by atoms with Crippen molar-refractivity contribution in [3.63, 3.8) is 0 Å². The van der Waals surface area contributed by atoms with Gasteiger partial charge in [-0.1, -0.05) is 75.4 Å². The van der Waals surface area contributed by atoms with Gasteiger partial charge in [0.2, 0.25) is 5.69 Å². The van der Waals surface area contributed by atoms with E-state index in [-0.39, 0.29) is 5.54 Å². The quantitative estimate of drug-likeness (QED) is 0.196. The molecule has 44 heavy (non-hydrogen) atoms. The van der Waals surface area contributed by atoms with Gasteiger partial charge in [0, 0.05) is 57.8 Å². The third-order valence-corrected chi connectivity index (χ3v) is 10.6. The fraction of sp³-hybridized carbons (Fsp3) is 0.195. The van der Waals surface area contributed by atoms with E-state index in [0.717, 1.165) is 63.1 Å². The summed E-state index contributed by atoms with van der Waals surface area (Å²) in [5.74, 6) is 0.452. The van der Waals surface area contributed by atoms with E-state index in [9.17, 15) is 0 Å². The Balaban J connectivity index is 1.25. The summed E-state index contributed by atoms with van der Waals surface area (Å²) >= 11 is 0. The fourth-order valence-electron chi connectivity index (χ4n) is 8.34. The van der Waals surface area contributed by atoms with Gasteiger partial charge in [0.05, 0.1) is 5.56 Å². The minimum Gasteiger partial charge on any atom is -0.456 e. The Morgan fingerprint density at radius 3 is 2.05 bits per heavy atom. The highest BCUT2D eigenvalue weighted by Gasteiger charge is 2.50. The monoisotopic (exact) mass is 572 g/mol. The van der Waals surface area contributed by atoms with Gasteiger partial charge >= 0.3 is 0 Å². The van der Waals surface area contributed by atoms with Crippen molar-refractivity contribution >= 4 is 54.6 Å². The summed E-state index contributed by atoms with van der Waals surface area (Å²) in [4.78, 5) is 0. The topological polar surface area (TPSA) is 30.2 Å². The van der Waals surface area contributed by atoms with E-state index < -0.39 is 0 Å². The number of rotatable bonds is 4. The number of para-hydroxylation sites is 1. The Labute approximate surface area is 256 Å². The Kier molecular flexibility index (Phi) is 5.41. The molecule has 0 spiro atoms. The van der Waals surface area contributed by atoms with E-state index in [1.807, 2.05) is 18.2 Å². The number of hydrogen-bond acceptors (Lipinski definition) is 2. The minimum atomic E-state index is 0.0554. The molecule has 3 heteroatoms. The molecule has 0 bridgehead atoms. The molecular weight excluding hydrogens is 538 g/mol. The fourth-order valence-corrected chi connectivity index (χ4v) is 8.34. The lowest BCUT2D eigenvalue weighted by Crippen LogP contribution is -2.62. The third kappa shape index (κ3) is 3.41. The van der Waals surface area contributed by atoms with E-state index in [1.165, 1.54) is 38.7 Å². The van der Waals surface area contributed by atoms with Crippen LogP contribution >= 0.6 is 0 Å². The van der Waals surface area contributed by atoms with Gasteiger partial charge in [-0.05, 0) is 64.9 Å². The maximum absolute atomic E-state index is 6.34. The number of nitrogens with zero attached hydrogens (tertiary/aromatic N) is 1. The first-order valence-corrected chi connectivity index (χ1v) is 16.0. The van der Waals surface area contributed by atoms with Crippen molar-refractivity contribution in [2.24, 2.45) is 0 Å². The Bertz CT molecular complexity index is 2420. The van der Waals surface area contributed by atoms with Gasteiger partial charge in [0.1, 0.15) is 22.3 Å². The smallest absolute Gasteiger partial charge is 0.213 e. The summed E-state index contributed by atoms with van der Waals surface area (Å²) in [5, 5.41) is 7.09. The first-order valence-electron chi connectivity index (χ1n) is 16.0. The largest absolute Gasteiger partial charge is 0.456 e. The van der Waals surface area contributed by atoms with E-state index >= 15 is 0 Å². The predicted molar refractivity (Wildman–Crippen MR) is 181 cm³/mol. The van der Waals surface area contributed by atoms with Gasteiger partial charge in [0.15, 0.2) is 11.7 Å². The van der Waals surface area contributed by atoms with E-state index in [0.29, 0.717) is 5.92 Å². The molecular formula is C41H34NO2+. The number of aromatic nitrogens is 1. The summed E-state index contributed by atoms with van der Waals surface area (Å²) < 4.78 is 15.1. The molecule has 0 radical (unpaired) electrons. The standard InChI is InChI=1S/C41H34NO2/c1-4-35-29-17-15-26(19-31(29)36-21-25-11-7-8-12-28(25)24-42(36)41(35,5-2)6-3)27-16-18-38-32(20-27)34-22-33-30-13-9-10-14-37(30)43-39(33)23-40(34)44-38/h7-24,35H,4-6H2,1-3H3/q+1. The number of pyridine rings is 1. The number of hydrogen-bond donors (Lipinski definition) is 0. The van der Waals surface area contributed by atoms with E-state index in [2.05, 4.69) is 116 Å². The lowest BCUT2D eigenvalue weighted by atomic mass is 9.69. The van der Waals surface area contributed by atoms with Gasteiger partial charge < -0.3 is 8.83 Å². The van der Waals surface area contributed by atoms with Crippen LogP contribution in [0.15, 0.2) is 118 Å². The highest BCUT2D eigenvalue weighted by atomic mass is 16.3. The summed E-state index contributed by atoms with van der Waals surface area (Å²) in [5.41, 5.74) is 10.1. The first kappa shape index (κ1) is 25.6. The molecule has 0 saturated carbocycles. The van der Waals surface area contributed by atoms with Crippen LogP contribution in [-0.4, -0.2) is 0 Å². The summed E-state index contributed by atoms with van der Waals surface area (Å²) in [6.45, 7) is 7.08. The van der Waals surface area contributed by atoms with Gasteiger partial charge in [-0.15, -0.1) is 0 Å². The Morgan fingerprint density at radius 1 is 0.591 bits per heavy atom. The average Bonchev–Trinajstić information content (AvgIpc) is 3.62. The third-order valence-electron chi connectivity index (χ3n) is 10.6. The summed E-state index contributed by atoms with van der Waals surface area (Å²) in [6, 6.07) is 37.5. The predicted octanol–water partition coefficient (Wildman–Crippen LogP) is 11.3. The van der Waals surface area contributed by atoms with Crippen molar-refractivity contribution in [1.29, 1.82) is 0 Å². The molecule has 3 nitrogen and oxygen atoms in total. The molecule has 0 N–H and O–H groups in total. The molecule has 9 rings (SSSR count). The van der Waals surface area contributed by atoms with Crippen molar-refractivity contribution in [2.75, 3.05) is 0 Å². The van der Waals surface area contributed by atoms with Crippen molar-refractivity contribution in [3.05, 3.63) is 115 Å². The van der Waals surface area contributed by atoms with Crippen molar-refractivity contribution in [1.82, 2.24) is 0 Å². The zero-order valence-corrected chi connectivity index (χ0v) is 25.4. The first-order chi connectivity index (χ1) is 21.6. The molecule has 0 aliphatic carbocycles. The van der Waals surface area contributed by atoms with Crippen LogP contribution in [0.2, 0.25) is 0 Å². The molecule has 1 unspecified atom stereocenters. The maximum Gasteiger partial charge on any atom is 0.213 e. The molecule has 0 amide bonds. The number of fused-ring (bicyclic) bond motifs is 10. The van der Waals surface area contributed by atoms with Crippen molar-refractivity contribution < 1.29 is 13.4 Å². The maximum atomic E-state index is 6.34. The van der Waals surface area contributed by atoms with Crippen LogP contribution in [0.5, 0.6) is 0 Å². The Hall–Kier alpha value is -4.89. The molecule has 8 aromatic rings. The van der Waals surface area contributed by atoms with Crippen molar-refractivity contribution in [2.45, 2.75) is 51.5 Å². The SMILES string of the molecule is CCC1c2ccc(-c3ccc4oc5cc6oc7ccccc7c6cc5c4c3)cc2-c2cc3ccccc3c[n+]2C1(CC)CC. The summed E-state index contributed by atoms with van der Waals surface area (Å²) in [6.07, 6.45) is 5.72. The normalized spacial score (nSPS) is 15.8. The van der Waals surface area contributed by atoms with Crippen LogP contribution in [0.1, 0.15) is 51.5 Å². The molecule has 3 aromatic heterocycles. The molecule has 1 atom stereocenters. The van der Waals surface area contributed by atoms with Gasteiger partial charge in [0.25, 0.3) is 0 Å². The molecule has 1 aliphatic rings. The van der Waals surface area contributed by atoms with Crippen molar-refractivity contribution in [3.8, 4) is 22.4 Å². The van der Waals surface area contributed by atoms with Crippen LogP contribution < -0.4 is 4.57 Å². The average molecular weight is 573 g/mol. The van der Waals surface area contributed by atoms with Crippen LogP contribution in [0.25, 0.3) is 77.0 Å². The van der Waals surface area contributed by atoms with Crippen LogP contribution in [0.3, 0.4) is 0 Å². The molecule has 214 valence electrons. The second-order valence-corrected chi connectivity index (χ2v) is 12.5. The van der Waals surface area contributed by atoms with Crippen LogP contribution in [0.4, 0.5) is 0 Å². The molecule has 1 aliphatic heterocycles. The minimum absolute atomic E-state index is 0.0554. The molecule has 4 heterocycles. The van der Waals surface area contributed by atoms with Gasteiger partial charge in [-0.2, -0.15) is 4.57 Å². The zero-order chi connectivity index (χ0) is 29.6. The molecule has 0 fully saturated rings. The number of furan rings is 2. The lowest BCUT2D eigenvalue weighted by Gasteiger charge is -2.40. The van der Waals surface area contributed by atoms with Crippen LogP contribution in [-0.2, 0) is 5.54 Å². The highest BCUT2D eigenvalue weighted by Crippen LogP contribution is 2.48. The van der Waals surface area contributed by atoms with E-state index in [4.69, 9.17) is 8.83 Å². The molecule has 5 aromatic carbocycles. The highest BCUT2D eigenvalue weighted by molar-refractivity contribution is 6.15. The molecule has 0 saturated heterocycles. The second-order valence-electron chi connectivity index (χ2n) is 12.5. The second kappa shape index (κ2) is 9.30. The van der Waals surface area contributed by atoms with Gasteiger partial charge in [-0.3, -0.25) is 0 Å². The number of benzene rings is 5. The van der Waals surface area contributed by atoms with E-state index in [1.54, 1.807) is 0 Å². The van der Waals surface area contributed by atoms with Crippen LogP contribution in [0, 0.1) is 0 Å². The summed E-state index contributed by atoms with van der Waals surface area (Å²) in [7, 11) is 0. The zero-order valence-electron chi connectivity index (χ0n) is 25.4. The lowest BCUT2D eigenvalue weighted by molar-refractivity contribution is -0.761. The Morgan fingerprint density at radius 2 is 1.25 bits per heavy atom.